The minimum atomic E-state index is -0.654. The Morgan fingerprint density at radius 3 is 2.62 bits per heavy atom. The van der Waals surface area contributed by atoms with E-state index in [2.05, 4.69) is 20.6 Å². The number of nitro groups is 1. The maximum absolute atomic E-state index is 12.4. The van der Waals surface area contributed by atoms with Crippen molar-refractivity contribution in [1.82, 2.24) is 20.0 Å². The summed E-state index contributed by atoms with van der Waals surface area (Å²) >= 11 is 0. The van der Waals surface area contributed by atoms with E-state index >= 15 is 0 Å². The lowest BCUT2D eigenvalue weighted by Gasteiger charge is -2.07. The van der Waals surface area contributed by atoms with Crippen LogP contribution in [0.15, 0.2) is 30.5 Å². The highest BCUT2D eigenvalue weighted by atomic mass is 16.6. The van der Waals surface area contributed by atoms with Gasteiger partial charge in [0, 0.05) is 0 Å². The van der Waals surface area contributed by atoms with E-state index in [1.54, 1.807) is 11.6 Å². The molecule has 0 aliphatic rings. The Bertz CT molecular complexity index is 971. The number of aryl methyl sites for hydroxylation is 2. The summed E-state index contributed by atoms with van der Waals surface area (Å²) in [6, 6.07) is 8.11. The predicted molar refractivity (Wildman–Crippen MR) is 95.2 cm³/mol. The molecule has 3 aromatic rings. The topological polar surface area (TPSA) is 119 Å². The molecule has 9 nitrogen and oxygen atoms in total. The molecule has 2 N–H and O–H groups in total. The van der Waals surface area contributed by atoms with E-state index in [1.807, 2.05) is 38.1 Å². The number of benzene rings is 1. The molecule has 0 radical (unpaired) electrons. The van der Waals surface area contributed by atoms with Crippen LogP contribution in [0.25, 0.3) is 0 Å². The summed E-state index contributed by atoms with van der Waals surface area (Å²) in [5.74, 6) is -0.629. The van der Waals surface area contributed by atoms with Gasteiger partial charge in [0.15, 0.2) is 0 Å². The average Bonchev–Trinajstić information content (AvgIpc) is 3.18. The molecular weight excluding hydrogens is 336 g/mol. The third-order valence-corrected chi connectivity index (χ3v) is 4.12. The van der Waals surface area contributed by atoms with Crippen molar-refractivity contribution in [2.45, 2.75) is 27.3 Å². The van der Waals surface area contributed by atoms with Crippen LogP contribution in [0.5, 0.6) is 0 Å². The lowest BCUT2D eigenvalue weighted by molar-refractivity contribution is -0.385. The number of hydrogen-bond acceptors (Lipinski definition) is 5. The van der Waals surface area contributed by atoms with Gasteiger partial charge in [-0.25, -0.2) is 0 Å². The van der Waals surface area contributed by atoms with Crippen molar-refractivity contribution in [3.8, 4) is 0 Å². The molecule has 0 aliphatic heterocycles. The fraction of sp³-hybridized carbons (Fsp3) is 0.235. The van der Waals surface area contributed by atoms with Crippen LogP contribution in [-0.4, -0.2) is 30.8 Å². The molecule has 2 heterocycles. The smallest absolute Gasteiger partial charge is 0.317 e. The molecule has 0 bridgehead atoms. The molecule has 0 unspecified atom stereocenters. The number of amides is 1. The van der Waals surface area contributed by atoms with Gasteiger partial charge in [-0.2, -0.15) is 10.2 Å². The Morgan fingerprint density at radius 2 is 1.96 bits per heavy atom. The Kier molecular flexibility index (Phi) is 4.53. The first-order valence-corrected chi connectivity index (χ1v) is 7.95. The minimum Gasteiger partial charge on any atom is -0.317 e. The van der Waals surface area contributed by atoms with Crippen LogP contribution >= 0.6 is 0 Å². The number of H-pyrrole nitrogens is 1. The Labute approximate surface area is 149 Å². The second-order valence-electron chi connectivity index (χ2n) is 6.03. The molecule has 1 amide bonds. The lowest BCUT2D eigenvalue weighted by Crippen LogP contribution is -2.15. The fourth-order valence-corrected chi connectivity index (χ4v) is 2.66. The summed E-state index contributed by atoms with van der Waals surface area (Å²) in [6.45, 7) is 6.20. The summed E-state index contributed by atoms with van der Waals surface area (Å²) in [5, 5.41) is 24.0. The number of aromatic amines is 1. The summed E-state index contributed by atoms with van der Waals surface area (Å²) in [5.41, 5.74) is 3.62. The number of anilines is 1. The van der Waals surface area contributed by atoms with Crippen molar-refractivity contribution in [2.75, 3.05) is 5.32 Å². The van der Waals surface area contributed by atoms with Gasteiger partial charge in [-0.3, -0.25) is 24.7 Å². The first-order valence-electron chi connectivity index (χ1n) is 7.95. The van der Waals surface area contributed by atoms with Crippen LogP contribution in [0.2, 0.25) is 0 Å². The maximum atomic E-state index is 12.4. The van der Waals surface area contributed by atoms with Crippen molar-refractivity contribution in [3.05, 3.63) is 68.8 Å². The third kappa shape index (κ3) is 3.32. The summed E-state index contributed by atoms with van der Waals surface area (Å²) in [7, 11) is 0. The molecule has 3 rings (SSSR count). The second kappa shape index (κ2) is 6.79. The standard InChI is InChI=1S/C17H18N6O3/c1-10-4-6-13(7-5-10)9-22-12(3)15(11(2)21-22)19-17(24)16-14(23(25)26)8-18-20-16/h4-8H,9H2,1-3H3,(H,18,20)(H,19,24). The van der Waals surface area contributed by atoms with Crippen LogP contribution in [-0.2, 0) is 6.54 Å². The molecule has 0 spiro atoms. The first kappa shape index (κ1) is 17.3. The van der Waals surface area contributed by atoms with Crippen LogP contribution in [0.4, 0.5) is 11.4 Å². The van der Waals surface area contributed by atoms with Crippen LogP contribution < -0.4 is 5.32 Å². The molecule has 0 atom stereocenters. The zero-order valence-corrected chi connectivity index (χ0v) is 14.6. The normalized spacial score (nSPS) is 10.7. The van der Waals surface area contributed by atoms with Gasteiger partial charge >= 0.3 is 5.69 Å². The van der Waals surface area contributed by atoms with Gasteiger partial charge in [0.2, 0.25) is 5.69 Å². The Balaban J connectivity index is 1.83. The van der Waals surface area contributed by atoms with Crippen molar-refractivity contribution >= 4 is 17.3 Å². The molecule has 0 fully saturated rings. The minimum absolute atomic E-state index is 0.194. The molecular formula is C17H18N6O3. The van der Waals surface area contributed by atoms with E-state index < -0.39 is 10.8 Å². The number of nitrogens with one attached hydrogen (secondary N) is 2. The number of rotatable bonds is 5. The van der Waals surface area contributed by atoms with Crippen LogP contribution in [0, 0.1) is 30.9 Å². The second-order valence-corrected chi connectivity index (χ2v) is 6.03. The number of aromatic nitrogens is 4. The van der Waals surface area contributed by atoms with Gasteiger partial charge in [-0.05, 0) is 26.3 Å². The Hall–Kier alpha value is -3.49. The van der Waals surface area contributed by atoms with E-state index in [0.29, 0.717) is 17.9 Å². The van der Waals surface area contributed by atoms with E-state index in [-0.39, 0.29) is 11.4 Å². The van der Waals surface area contributed by atoms with E-state index in [9.17, 15) is 14.9 Å². The molecule has 1 aromatic carbocycles. The van der Waals surface area contributed by atoms with Gasteiger partial charge in [-0.1, -0.05) is 29.8 Å². The van der Waals surface area contributed by atoms with Gasteiger partial charge in [0.25, 0.3) is 5.91 Å². The molecule has 2 aromatic heterocycles. The SMILES string of the molecule is Cc1ccc(Cn2nc(C)c(NC(=O)c3[nH]ncc3[N+](=O)[O-])c2C)cc1. The van der Waals surface area contributed by atoms with Crippen molar-refractivity contribution in [3.63, 3.8) is 0 Å². The zero-order chi connectivity index (χ0) is 18.8. The summed E-state index contributed by atoms with van der Waals surface area (Å²) < 4.78 is 1.79. The number of carbonyl (C=O) groups excluding carboxylic acids is 1. The zero-order valence-electron chi connectivity index (χ0n) is 14.6. The lowest BCUT2D eigenvalue weighted by atomic mass is 10.1. The largest absolute Gasteiger partial charge is 0.319 e. The number of carbonyl (C=O) groups is 1. The molecule has 0 saturated carbocycles. The number of hydrogen-bond donors (Lipinski definition) is 2. The highest BCUT2D eigenvalue weighted by molar-refractivity contribution is 6.06. The quantitative estimate of drug-likeness (QED) is 0.539. The average molecular weight is 354 g/mol. The van der Waals surface area contributed by atoms with Gasteiger partial charge in [0.1, 0.15) is 6.20 Å². The van der Waals surface area contributed by atoms with Gasteiger partial charge in [-0.15, -0.1) is 0 Å². The fourth-order valence-electron chi connectivity index (χ4n) is 2.66. The van der Waals surface area contributed by atoms with Crippen molar-refractivity contribution in [1.29, 1.82) is 0 Å². The van der Waals surface area contributed by atoms with Gasteiger partial charge < -0.3 is 5.32 Å². The Morgan fingerprint density at radius 1 is 1.27 bits per heavy atom. The summed E-state index contributed by atoms with van der Waals surface area (Å²) in [4.78, 5) is 22.7. The van der Waals surface area contributed by atoms with E-state index in [0.717, 1.165) is 17.5 Å². The highest BCUT2D eigenvalue weighted by Gasteiger charge is 2.24. The van der Waals surface area contributed by atoms with Crippen molar-refractivity contribution in [2.24, 2.45) is 0 Å². The van der Waals surface area contributed by atoms with Crippen LogP contribution in [0.3, 0.4) is 0 Å². The summed E-state index contributed by atoms with van der Waals surface area (Å²) in [6.07, 6.45) is 1.01. The van der Waals surface area contributed by atoms with Gasteiger partial charge in [0.05, 0.1) is 28.5 Å². The van der Waals surface area contributed by atoms with Crippen LogP contribution in [0.1, 0.15) is 33.0 Å². The molecule has 0 saturated heterocycles. The maximum Gasteiger partial charge on any atom is 0.319 e. The molecule has 134 valence electrons. The predicted octanol–water partition coefficient (Wildman–Crippen LogP) is 2.74. The first-order chi connectivity index (χ1) is 12.4. The monoisotopic (exact) mass is 354 g/mol. The van der Waals surface area contributed by atoms with E-state index in [1.165, 1.54) is 5.56 Å². The third-order valence-electron chi connectivity index (χ3n) is 4.12. The molecule has 26 heavy (non-hydrogen) atoms. The molecule has 0 aliphatic carbocycles. The van der Waals surface area contributed by atoms with E-state index in [4.69, 9.17) is 0 Å². The van der Waals surface area contributed by atoms with Crippen molar-refractivity contribution < 1.29 is 9.72 Å². The molecule has 9 heteroatoms. The highest BCUT2D eigenvalue weighted by Crippen LogP contribution is 2.23. The number of nitrogens with zero attached hydrogens (tertiary/aromatic N) is 4.